The van der Waals surface area contributed by atoms with Gasteiger partial charge in [0, 0.05) is 44.0 Å². The monoisotopic (exact) mass is 388 g/mol. The second-order valence-corrected chi connectivity index (χ2v) is 6.29. The number of carbonyl (C=O) groups is 2. The topological polar surface area (TPSA) is 78.7 Å². The molecule has 0 spiro atoms. The average Bonchev–Trinajstić information content (AvgIpc) is 2.72. The number of rotatable bonds is 5. The van der Waals surface area contributed by atoms with Crippen LogP contribution in [0.4, 0.5) is 5.69 Å². The van der Waals surface area contributed by atoms with Crippen molar-refractivity contribution in [2.24, 2.45) is 5.73 Å². The van der Waals surface area contributed by atoms with Crippen LogP contribution < -0.4 is 16.0 Å². The number of amides is 2. The molecule has 1 heterocycles. The van der Waals surface area contributed by atoms with E-state index in [1.807, 2.05) is 30.3 Å². The molecule has 1 aliphatic rings. The Morgan fingerprint density at radius 3 is 2.15 bits per heavy atom. The predicted molar refractivity (Wildman–Crippen MR) is 109 cm³/mol. The standard InChI is InChI=1S/C20H24N4O2.ClH/c21-14-16-6-8-17(9-7-16)20(26)22-15-19(25)24-12-10-23(11-13-24)18-4-2-1-3-5-18;/h1-9H,10-15,21H2,(H,22,26);1H. The van der Waals surface area contributed by atoms with E-state index < -0.39 is 0 Å². The van der Waals surface area contributed by atoms with Gasteiger partial charge in [0.25, 0.3) is 5.91 Å². The highest BCUT2D eigenvalue weighted by Crippen LogP contribution is 2.15. The lowest BCUT2D eigenvalue weighted by molar-refractivity contribution is -0.130. The Morgan fingerprint density at radius 2 is 1.56 bits per heavy atom. The van der Waals surface area contributed by atoms with E-state index in [1.54, 1.807) is 17.0 Å². The van der Waals surface area contributed by atoms with Crippen molar-refractivity contribution >= 4 is 29.9 Å². The molecule has 0 atom stereocenters. The molecule has 1 saturated heterocycles. The minimum Gasteiger partial charge on any atom is -0.368 e. The Kier molecular flexibility index (Phi) is 7.64. The maximum atomic E-state index is 12.4. The summed E-state index contributed by atoms with van der Waals surface area (Å²) in [6, 6.07) is 17.3. The average molecular weight is 389 g/mol. The van der Waals surface area contributed by atoms with Crippen molar-refractivity contribution in [3.05, 3.63) is 65.7 Å². The first-order chi connectivity index (χ1) is 12.7. The van der Waals surface area contributed by atoms with Gasteiger partial charge in [0.2, 0.25) is 5.91 Å². The Morgan fingerprint density at radius 1 is 0.926 bits per heavy atom. The molecule has 0 aromatic heterocycles. The van der Waals surface area contributed by atoms with Gasteiger partial charge in [-0.3, -0.25) is 9.59 Å². The molecule has 27 heavy (non-hydrogen) atoms. The van der Waals surface area contributed by atoms with E-state index >= 15 is 0 Å². The molecule has 2 aromatic carbocycles. The summed E-state index contributed by atoms with van der Waals surface area (Å²) in [5.74, 6) is -0.297. The molecule has 3 rings (SSSR count). The Labute approximate surface area is 165 Å². The zero-order valence-corrected chi connectivity index (χ0v) is 16.0. The van der Waals surface area contributed by atoms with Gasteiger partial charge in [-0.25, -0.2) is 0 Å². The summed E-state index contributed by atoms with van der Waals surface area (Å²) in [5, 5.41) is 2.70. The molecule has 3 N–H and O–H groups in total. The van der Waals surface area contributed by atoms with Crippen LogP contribution in [0, 0.1) is 0 Å². The van der Waals surface area contributed by atoms with Crippen molar-refractivity contribution in [3.8, 4) is 0 Å². The number of piperazine rings is 1. The molecule has 6 nitrogen and oxygen atoms in total. The molecule has 0 saturated carbocycles. The van der Waals surface area contributed by atoms with E-state index in [4.69, 9.17) is 5.73 Å². The van der Waals surface area contributed by atoms with Crippen LogP contribution >= 0.6 is 12.4 Å². The zero-order chi connectivity index (χ0) is 18.4. The van der Waals surface area contributed by atoms with Crippen molar-refractivity contribution in [1.82, 2.24) is 10.2 Å². The second kappa shape index (κ2) is 9.94. The predicted octanol–water partition coefficient (Wildman–Crippen LogP) is 1.65. The molecule has 0 unspecified atom stereocenters. The van der Waals surface area contributed by atoms with Crippen LogP contribution in [0.2, 0.25) is 0 Å². The number of hydrogen-bond acceptors (Lipinski definition) is 4. The summed E-state index contributed by atoms with van der Waals surface area (Å²) >= 11 is 0. The van der Waals surface area contributed by atoms with Crippen molar-refractivity contribution in [2.45, 2.75) is 6.54 Å². The van der Waals surface area contributed by atoms with Gasteiger partial charge in [0.05, 0.1) is 6.54 Å². The van der Waals surface area contributed by atoms with Crippen LogP contribution in [-0.2, 0) is 11.3 Å². The Hall–Kier alpha value is -2.57. The molecule has 1 fully saturated rings. The smallest absolute Gasteiger partial charge is 0.251 e. The van der Waals surface area contributed by atoms with E-state index in [2.05, 4.69) is 22.3 Å². The van der Waals surface area contributed by atoms with E-state index in [0.717, 1.165) is 18.7 Å². The number of halogens is 1. The SMILES string of the molecule is Cl.NCc1ccc(C(=O)NCC(=O)N2CCN(c3ccccc3)CC2)cc1. The first kappa shape index (κ1) is 20.7. The largest absolute Gasteiger partial charge is 0.368 e. The van der Waals surface area contributed by atoms with Gasteiger partial charge in [-0.2, -0.15) is 0 Å². The van der Waals surface area contributed by atoms with E-state index in [9.17, 15) is 9.59 Å². The fraction of sp³-hybridized carbons (Fsp3) is 0.300. The fourth-order valence-corrected chi connectivity index (χ4v) is 3.01. The van der Waals surface area contributed by atoms with E-state index in [0.29, 0.717) is 25.2 Å². The zero-order valence-electron chi connectivity index (χ0n) is 15.1. The minimum atomic E-state index is -0.246. The third-order valence-corrected chi connectivity index (χ3v) is 4.61. The summed E-state index contributed by atoms with van der Waals surface area (Å²) in [4.78, 5) is 28.6. The maximum absolute atomic E-state index is 12.4. The van der Waals surface area contributed by atoms with Gasteiger partial charge in [-0.1, -0.05) is 30.3 Å². The molecule has 0 bridgehead atoms. The number of nitrogens with two attached hydrogens (primary N) is 1. The Bertz CT molecular complexity index is 744. The third-order valence-electron chi connectivity index (χ3n) is 4.61. The molecular weight excluding hydrogens is 364 g/mol. The molecule has 144 valence electrons. The molecular formula is C20H25ClN4O2. The number of nitrogens with zero attached hydrogens (tertiary/aromatic N) is 2. The molecule has 2 amide bonds. The van der Waals surface area contributed by atoms with Crippen molar-refractivity contribution < 1.29 is 9.59 Å². The molecule has 0 aliphatic carbocycles. The van der Waals surface area contributed by atoms with E-state index in [1.165, 1.54) is 5.69 Å². The lowest BCUT2D eigenvalue weighted by Gasteiger charge is -2.36. The number of para-hydroxylation sites is 1. The van der Waals surface area contributed by atoms with Crippen molar-refractivity contribution in [1.29, 1.82) is 0 Å². The molecule has 7 heteroatoms. The maximum Gasteiger partial charge on any atom is 0.251 e. The number of hydrogen-bond donors (Lipinski definition) is 2. The normalized spacial score (nSPS) is 13.7. The van der Waals surface area contributed by atoms with Crippen LogP contribution in [0.25, 0.3) is 0 Å². The van der Waals surface area contributed by atoms with Crippen LogP contribution in [0.15, 0.2) is 54.6 Å². The van der Waals surface area contributed by atoms with Gasteiger partial charge in [-0.15, -0.1) is 12.4 Å². The summed E-state index contributed by atoms with van der Waals surface area (Å²) in [7, 11) is 0. The first-order valence-electron chi connectivity index (χ1n) is 8.82. The highest BCUT2D eigenvalue weighted by Gasteiger charge is 2.21. The lowest BCUT2D eigenvalue weighted by atomic mass is 10.1. The Balaban J connectivity index is 0.00000261. The highest BCUT2D eigenvalue weighted by molar-refractivity contribution is 5.96. The van der Waals surface area contributed by atoms with Crippen molar-refractivity contribution in [2.75, 3.05) is 37.6 Å². The summed E-state index contributed by atoms with van der Waals surface area (Å²) in [6.07, 6.45) is 0. The summed E-state index contributed by atoms with van der Waals surface area (Å²) in [6.45, 7) is 3.37. The van der Waals surface area contributed by atoms with Crippen LogP contribution in [0.1, 0.15) is 15.9 Å². The quantitative estimate of drug-likeness (QED) is 0.816. The van der Waals surface area contributed by atoms with Crippen LogP contribution in [0.5, 0.6) is 0 Å². The van der Waals surface area contributed by atoms with Gasteiger partial charge in [-0.05, 0) is 29.8 Å². The van der Waals surface area contributed by atoms with Crippen LogP contribution in [0.3, 0.4) is 0 Å². The first-order valence-corrected chi connectivity index (χ1v) is 8.82. The van der Waals surface area contributed by atoms with Crippen molar-refractivity contribution in [3.63, 3.8) is 0 Å². The summed E-state index contributed by atoms with van der Waals surface area (Å²) in [5.41, 5.74) is 8.22. The number of anilines is 1. The number of nitrogens with one attached hydrogen (secondary N) is 1. The second-order valence-electron chi connectivity index (χ2n) is 6.29. The van der Waals surface area contributed by atoms with Gasteiger partial charge < -0.3 is 20.9 Å². The molecule has 0 radical (unpaired) electrons. The highest BCUT2D eigenvalue weighted by atomic mass is 35.5. The molecule has 1 aliphatic heterocycles. The van der Waals surface area contributed by atoms with Gasteiger partial charge in [0.1, 0.15) is 0 Å². The minimum absolute atomic E-state index is 0. The fourth-order valence-electron chi connectivity index (χ4n) is 3.01. The summed E-state index contributed by atoms with van der Waals surface area (Å²) < 4.78 is 0. The van der Waals surface area contributed by atoms with Gasteiger partial charge >= 0.3 is 0 Å². The molecule has 2 aromatic rings. The number of carbonyl (C=O) groups excluding carboxylic acids is 2. The van der Waals surface area contributed by atoms with Gasteiger partial charge in [0.15, 0.2) is 0 Å². The van der Waals surface area contributed by atoms with Crippen LogP contribution in [-0.4, -0.2) is 49.4 Å². The number of benzene rings is 2. The third kappa shape index (κ3) is 5.45. The lowest BCUT2D eigenvalue weighted by Crippen LogP contribution is -2.51. The van der Waals surface area contributed by atoms with E-state index in [-0.39, 0.29) is 30.8 Å².